The third-order valence-corrected chi connectivity index (χ3v) is 3.47. The van der Waals surface area contributed by atoms with E-state index in [9.17, 15) is 0 Å². The molecule has 0 saturated heterocycles. The van der Waals surface area contributed by atoms with Crippen LogP contribution in [0.15, 0.2) is 17.5 Å². The predicted molar refractivity (Wildman–Crippen MR) is 50.9 cm³/mol. The lowest BCUT2D eigenvalue weighted by Gasteiger charge is -2.11. The Kier molecular flexibility index (Phi) is 2.81. The summed E-state index contributed by atoms with van der Waals surface area (Å²) in [5.41, 5.74) is 0. The quantitative estimate of drug-likeness (QED) is 0.650. The second-order valence-electron chi connectivity index (χ2n) is 2.70. The highest BCUT2D eigenvalue weighted by atomic mass is 32.1. The van der Waals surface area contributed by atoms with E-state index in [0.29, 0.717) is 11.2 Å². The maximum Gasteiger partial charge on any atom is 0.0383 e. The van der Waals surface area contributed by atoms with Crippen molar-refractivity contribution >= 4 is 24.0 Å². The van der Waals surface area contributed by atoms with Crippen LogP contribution in [0.4, 0.5) is 0 Å². The van der Waals surface area contributed by atoms with Gasteiger partial charge in [0.1, 0.15) is 0 Å². The van der Waals surface area contributed by atoms with E-state index in [1.54, 1.807) is 11.3 Å². The summed E-state index contributed by atoms with van der Waals surface area (Å²) < 4.78 is 0. The molecular weight excluding hydrogens is 160 g/mol. The Balaban J connectivity index is 2.68. The molecule has 0 amide bonds. The van der Waals surface area contributed by atoms with E-state index < -0.39 is 0 Å². The van der Waals surface area contributed by atoms with Crippen LogP contribution < -0.4 is 0 Å². The second-order valence-corrected chi connectivity index (χ2v) is 4.24. The summed E-state index contributed by atoms with van der Waals surface area (Å²) in [5.74, 6) is 0.627. The van der Waals surface area contributed by atoms with Gasteiger partial charge in [0.15, 0.2) is 0 Å². The van der Waals surface area contributed by atoms with Crippen LogP contribution in [0.25, 0.3) is 0 Å². The van der Waals surface area contributed by atoms with Gasteiger partial charge in [-0.25, -0.2) is 0 Å². The van der Waals surface area contributed by atoms with E-state index in [0.717, 1.165) is 0 Å². The van der Waals surface area contributed by atoms with Crippen LogP contribution in [0.2, 0.25) is 0 Å². The van der Waals surface area contributed by atoms with Crippen LogP contribution in [0.5, 0.6) is 0 Å². The highest BCUT2D eigenvalue weighted by Gasteiger charge is 2.10. The van der Waals surface area contributed by atoms with Crippen LogP contribution >= 0.6 is 24.0 Å². The van der Waals surface area contributed by atoms with Crippen LogP contribution in [0.3, 0.4) is 0 Å². The van der Waals surface area contributed by atoms with Gasteiger partial charge in [-0.05, 0) is 17.4 Å². The van der Waals surface area contributed by atoms with Gasteiger partial charge in [-0.2, -0.15) is 12.6 Å². The maximum absolute atomic E-state index is 4.49. The molecule has 0 aliphatic carbocycles. The Labute approximate surface area is 71.7 Å². The molecule has 0 fully saturated rings. The first-order chi connectivity index (χ1) is 4.72. The maximum atomic E-state index is 4.49. The molecule has 10 heavy (non-hydrogen) atoms. The zero-order valence-corrected chi connectivity index (χ0v) is 7.95. The van der Waals surface area contributed by atoms with Gasteiger partial charge in [-0.3, -0.25) is 0 Å². The van der Waals surface area contributed by atoms with Crippen molar-refractivity contribution in [1.29, 1.82) is 0 Å². The first kappa shape index (κ1) is 8.15. The molecular formula is C8H12S2. The minimum absolute atomic E-state index is 0.417. The van der Waals surface area contributed by atoms with Gasteiger partial charge < -0.3 is 0 Å². The van der Waals surface area contributed by atoms with Crippen molar-refractivity contribution in [3.63, 3.8) is 0 Å². The van der Waals surface area contributed by atoms with Gasteiger partial charge in [-0.1, -0.05) is 19.9 Å². The Morgan fingerprint density at radius 2 is 2.20 bits per heavy atom. The molecule has 0 aliphatic heterocycles. The van der Waals surface area contributed by atoms with E-state index in [2.05, 4.69) is 44.0 Å². The number of hydrogen-bond donors (Lipinski definition) is 1. The van der Waals surface area contributed by atoms with Gasteiger partial charge in [0.25, 0.3) is 0 Å². The predicted octanol–water partition coefficient (Wildman–Crippen LogP) is 3.38. The van der Waals surface area contributed by atoms with Gasteiger partial charge in [0.2, 0.25) is 0 Å². The second kappa shape index (κ2) is 3.44. The number of rotatable bonds is 2. The van der Waals surface area contributed by atoms with E-state index >= 15 is 0 Å². The smallest absolute Gasteiger partial charge is 0.0383 e. The van der Waals surface area contributed by atoms with E-state index in [1.807, 2.05) is 0 Å². The number of thiophene rings is 1. The fourth-order valence-corrected chi connectivity index (χ4v) is 1.94. The lowest BCUT2D eigenvalue weighted by molar-refractivity contribution is 0.643. The fourth-order valence-electron chi connectivity index (χ4n) is 0.788. The minimum Gasteiger partial charge on any atom is -0.170 e. The third kappa shape index (κ3) is 1.77. The Morgan fingerprint density at radius 3 is 2.60 bits per heavy atom. The van der Waals surface area contributed by atoms with Crippen LogP contribution in [0.1, 0.15) is 24.0 Å². The summed E-state index contributed by atoms with van der Waals surface area (Å²) in [4.78, 5) is 1.37. The summed E-state index contributed by atoms with van der Waals surface area (Å²) in [5, 5.41) is 2.51. The summed E-state index contributed by atoms with van der Waals surface area (Å²) in [6.07, 6.45) is 0. The highest BCUT2D eigenvalue weighted by Crippen LogP contribution is 2.30. The molecule has 1 rings (SSSR count). The molecule has 0 nitrogen and oxygen atoms in total. The molecule has 1 aromatic rings. The van der Waals surface area contributed by atoms with Crippen LogP contribution in [-0.4, -0.2) is 0 Å². The van der Waals surface area contributed by atoms with Gasteiger partial charge >= 0.3 is 0 Å². The third-order valence-electron chi connectivity index (χ3n) is 1.47. The van der Waals surface area contributed by atoms with Gasteiger partial charge in [0, 0.05) is 10.1 Å². The lowest BCUT2D eigenvalue weighted by Crippen LogP contribution is -1.95. The molecule has 0 bridgehead atoms. The Morgan fingerprint density at radius 1 is 1.50 bits per heavy atom. The number of thiol groups is 1. The van der Waals surface area contributed by atoms with Crippen LogP contribution in [0, 0.1) is 5.92 Å². The zero-order valence-electron chi connectivity index (χ0n) is 6.24. The molecule has 0 N–H and O–H groups in total. The van der Waals surface area contributed by atoms with Crippen molar-refractivity contribution in [3.05, 3.63) is 22.4 Å². The SMILES string of the molecule is CC(C)C(S)c1cccs1. The molecule has 0 saturated carbocycles. The topological polar surface area (TPSA) is 0 Å². The summed E-state index contributed by atoms with van der Waals surface area (Å²) in [7, 11) is 0. The summed E-state index contributed by atoms with van der Waals surface area (Å²) >= 11 is 6.27. The van der Waals surface area contributed by atoms with E-state index in [-0.39, 0.29) is 0 Å². The molecule has 1 unspecified atom stereocenters. The largest absolute Gasteiger partial charge is 0.170 e. The monoisotopic (exact) mass is 172 g/mol. The fraction of sp³-hybridized carbons (Fsp3) is 0.500. The standard InChI is InChI=1S/C8H12S2/c1-6(2)8(9)7-4-3-5-10-7/h3-6,8-9H,1-2H3. The van der Waals surface area contributed by atoms with Gasteiger partial charge in [0.05, 0.1) is 0 Å². The lowest BCUT2D eigenvalue weighted by atomic mass is 10.1. The first-order valence-corrected chi connectivity index (χ1v) is 4.83. The molecule has 56 valence electrons. The first-order valence-electron chi connectivity index (χ1n) is 3.43. The molecule has 1 aromatic heterocycles. The summed E-state index contributed by atoms with van der Waals surface area (Å²) in [6.45, 7) is 4.38. The van der Waals surface area contributed by atoms with Gasteiger partial charge in [-0.15, -0.1) is 11.3 Å². The van der Waals surface area contributed by atoms with E-state index in [4.69, 9.17) is 0 Å². The van der Waals surface area contributed by atoms with Crippen LogP contribution in [-0.2, 0) is 0 Å². The van der Waals surface area contributed by atoms with Crippen molar-refractivity contribution in [2.75, 3.05) is 0 Å². The molecule has 1 heterocycles. The average Bonchev–Trinajstić information content (AvgIpc) is 2.36. The van der Waals surface area contributed by atoms with E-state index in [1.165, 1.54) is 4.88 Å². The minimum atomic E-state index is 0.417. The molecule has 0 aliphatic rings. The highest BCUT2D eigenvalue weighted by molar-refractivity contribution is 7.80. The molecule has 0 spiro atoms. The average molecular weight is 172 g/mol. The van der Waals surface area contributed by atoms with Crippen molar-refractivity contribution in [2.24, 2.45) is 5.92 Å². The van der Waals surface area contributed by atoms with Crippen molar-refractivity contribution in [2.45, 2.75) is 19.1 Å². The Hall–Kier alpha value is 0.0500. The zero-order chi connectivity index (χ0) is 7.56. The molecule has 2 heteroatoms. The van der Waals surface area contributed by atoms with Crippen molar-refractivity contribution in [1.82, 2.24) is 0 Å². The molecule has 0 radical (unpaired) electrons. The number of hydrogen-bond acceptors (Lipinski definition) is 2. The van der Waals surface area contributed by atoms with Crippen molar-refractivity contribution in [3.8, 4) is 0 Å². The normalized spacial score (nSPS) is 14.0. The molecule has 1 atom stereocenters. The molecule has 0 aromatic carbocycles. The van der Waals surface area contributed by atoms with Crippen molar-refractivity contribution < 1.29 is 0 Å². The summed E-state index contributed by atoms with van der Waals surface area (Å²) in [6, 6.07) is 4.22. The Bertz CT molecular complexity index is 177.